The van der Waals surface area contributed by atoms with Crippen molar-refractivity contribution in [2.24, 2.45) is 0 Å². The van der Waals surface area contributed by atoms with Crippen LogP contribution in [0.15, 0.2) is 0 Å². The zero-order valence-electron chi connectivity index (χ0n) is 25.4. The molecule has 9 nitrogen and oxygen atoms in total. The number of hydrogen-bond acceptors (Lipinski definition) is 9. The molecule has 0 saturated carbocycles. The van der Waals surface area contributed by atoms with Crippen molar-refractivity contribution in [3.05, 3.63) is 0 Å². The van der Waals surface area contributed by atoms with Gasteiger partial charge >= 0.3 is 0 Å². The molecular formula is C30H58O9. The van der Waals surface area contributed by atoms with Crippen LogP contribution in [0.25, 0.3) is 0 Å². The van der Waals surface area contributed by atoms with Gasteiger partial charge in [-0.3, -0.25) is 0 Å². The van der Waals surface area contributed by atoms with Gasteiger partial charge in [-0.25, -0.2) is 0 Å². The molecule has 4 unspecified atom stereocenters. The fourth-order valence-corrected chi connectivity index (χ4v) is 4.63. The molecule has 0 aromatic carbocycles. The fraction of sp³-hybridized carbons (Fsp3) is 1.00. The number of ether oxygens (including phenoxy) is 8. The van der Waals surface area contributed by atoms with E-state index >= 15 is 0 Å². The zero-order valence-corrected chi connectivity index (χ0v) is 25.4. The number of hydrogen-bond donors (Lipinski definition) is 1. The molecule has 1 N–H and O–H groups in total. The van der Waals surface area contributed by atoms with Crippen LogP contribution in [0.4, 0.5) is 0 Å². The molecule has 9 heteroatoms. The van der Waals surface area contributed by atoms with Crippen molar-refractivity contribution in [2.45, 2.75) is 148 Å². The van der Waals surface area contributed by atoms with Crippen LogP contribution in [0.1, 0.15) is 98.8 Å². The first-order valence-electron chi connectivity index (χ1n) is 15.8. The summed E-state index contributed by atoms with van der Waals surface area (Å²) in [6, 6.07) is 0. The number of aliphatic hydroxyl groups excluding tert-OH is 1. The Balaban J connectivity index is 2.27. The van der Waals surface area contributed by atoms with Crippen LogP contribution in [-0.2, 0) is 37.9 Å². The molecule has 2 rings (SSSR count). The molecule has 0 spiro atoms. The molecule has 0 radical (unpaired) electrons. The lowest BCUT2D eigenvalue weighted by molar-refractivity contribution is -0.346. The Morgan fingerprint density at radius 2 is 0.923 bits per heavy atom. The Labute approximate surface area is 237 Å². The minimum Gasteiger partial charge on any atom is -0.373 e. The molecule has 0 aromatic heterocycles. The highest BCUT2D eigenvalue weighted by Gasteiger charge is 2.49. The maximum atomic E-state index is 10.8. The van der Waals surface area contributed by atoms with Crippen molar-refractivity contribution >= 4 is 0 Å². The van der Waals surface area contributed by atoms with Gasteiger partial charge in [0.25, 0.3) is 0 Å². The van der Waals surface area contributed by atoms with Crippen molar-refractivity contribution in [2.75, 3.05) is 46.2 Å². The standard InChI is InChI=1S/C30H58O9/c1-6-11-16-32-23-22-38-30(28(36-20-15-10-5)25(23)34-18-13-8-3)39-26-24(33-17-12-7-2)21-37-29(31)27(26)35-19-14-9-4/h23-31H,6-22H2,1-5H3/t23-,24-,25?,26?,27?,28?,29-,30+/m1/s1. The van der Waals surface area contributed by atoms with E-state index in [1.165, 1.54) is 0 Å². The predicted octanol–water partition coefficient (Wildman–Crippen LogP) is 5.00. The molecule has 39 heavy (non-hydrogen) atoms. The van der Waals surface area contributed by atoms with Crippen molar-refractivity contribution in [1.29, 1.82) is 0 Å². The Morgan fingerprint density at radius 1 is 0.513 bits per heavy atom. The van der Waals surface area contributed by atoms with Crippen LogP contribution in [0, 0.1) is 0 Å². The van der Waals surface area contributed by atoms with Gasteiger partial charge in [-0.1, -0.05) is 66.7 Å². The first-order chi connectivity index (χ1) is 19.1. The largest absolute Gasteiger partial charge is 0.373 e. The number of aliphatic hydroxyl groups is 1. The van der Waals surface area contributed by atoms with E-state index in [1.807, 2.05) is 0 Å². The molecule has 0 aliphatic carbocycles. The van der Waals surface area contributed by atoms with E-state index in [4.69, 9.17) is 37.9 Å². The van der Waals surface area contributed by atoms with E-state index in [9.17, 15) is 5.11 Å². The minimum atomic E-state index is -1.11. The van der Waals surface area contributed by atoms with Gasteiger partial charge in [0.15, 0.2) is 12.6 Å². The third-order valence-electron chi connectivity index (χ3n) is 7.16. The molecule has 0 amide bonds. The van der Waals surface area contributed by atoms with Crippen LogP contribution in [0.3, 0.4) is 0 Å². The van der Waals surface area contributed by atoms with Crippen molar-refractivity contribution in [3.63, 3.8) is 0 Å². The first kappa shape index (κ1) is 34.8. The lowest BCUT2D eigenvalue weighted by atomic mass is 10.0. The molecule has 232 valence electrons. The Kier molecular flexibility index (Phi) is 19.1. The van der Waals surface area contributed by atoms with Crippen molar-refractivity contribution in [3.8, 4) is 0 Å². The Hall–Kier alpha value is -0.360. The first-order valence-corrected chi connectivity index (χ1v) is 15.8. The van der Waals surface area contributed by atoms with E-state index in [-0.39, 0.29) is 18.8 Å². The second-order valence-corrected chi connectivity index (χ2v) is 10.6. The van der Waals surface area contributed by atoms with E-state index in [2.05, 4.69) is 34.6 Å². The summed E-state index contributed by atoms with van der Waals surface area (Å²) in [5, 5.41) is 10.8. The highest BCUT2D eigenvalue weighted by Crippen LogP contribution is 2.31. The molecule has 2 saturated heterocycles. The average Bonchev–Trinajstić information content (AvgIpc) is 2.93. The summed E-state index contributed by atoms with van der Waals surface area (Å²) in [7, 11) is 0. The highest BCUT2D eigenvalue weighted by atomic mass is 16.7. The molecule has 2 fully saturated rings. The van der Waals surface area contributed by atoms with Gasteiger partial charge in [0, 0.05) is 33.0 Å². The summed E-state index contributed by atoms with van der Waals surface area (Å²) in [5.41, 5.74) is 0. The number of unbranched alkanes of at least 4 members (excludes halogenated alkanes) is 5. The zero-order chi connectivity index (χ0) is 28.3. The molecule has 2 heterocycles. The summed E-state index contributed by atoms with van der Waals surface area (Å²) in [6.07, 6.45) is 5.23. The molecule has 0 bridgehead atoms. The van der Waals surface area contributed by atoms with Crippen LogP contribution in [0.5, 0.6) is 0 Å². The van der Waals surface area contributed by atoms with Gasteiger partial charge in [0.05, 0.1) is 13.2 Å². The lowest BCUT2D eigenvalue weighted by Gasteiger charge is -2.46. The van der Waals surface area contributed by atoms with Crippen LogP contribution in [-0.4, -0.2) is 101 Å². The van der Waals surface area contributed by atoms with Crippen LogP contribution < -0.4 is 0 Å². The third-order valence-corrected chi connectivity index (χ3v) is 7.16. The second-order valence-electron chi connectivity index (χ2n) is 10.6. The van der Waals surface area contributed by atoms with Crippen molar-refractivity contribution < 1.29 is 43.0 Å². The lowest BCUT2D eigenvalue weighted by Crippen LogP contribution is -2.62. The maximum absolute atomic E-state index is 10.8. The van der Waals surface area contributed by atoms with Gasteiger partial charge in [-0.05, 0) is 32.1 Å². The summed E-state index contributed by atoms with van der Waals surface area (Å²) in [4.78, 5) is 0. The average molecular weight is 563 g/mol. The number of rotatable bonds is 22. The van der Waals surface area contributed by atoms with E-state index in [1.54, 1.807) is 0 Å². The summed E-state index contributed by atoms with van der Waals surface area (Å²) >= 11 is 0. The van der Waals surface area contributed by atoms with Crippen LogP contribution >= 0.6 is 0 Å². The van der Waals surface area contributed by atoms with E-state index in [0.29, 0.717) is 39.6 Å². The fourth-order valence-electron chi connectivity index (χ4n) is 4.63. The summed E-state index contributed by atoms with van der Waals surface area (Å²) < 4.78 is 50.0. The van der Waals surface area contributed by atoms with Gasteiger partial charge in [0.1, 0.15) is 36.6 Å². The van der Waals surface area contributed by atoms with E-state index < -0.39 is 37.0 Å². The van der Waals surface area contributed by atoms with Gasteiger partial charge in [-0.2, -0.15) is 0 Å². The Bertz CT molecular complexity index is 581. The second kappa shape index (κ2) is 21.4. The van der Waals surface area contributed by atoms with Gasteiger partial charge in [0.2, 0.25) is 0 Å². The molecule has 2 aliphatic rings. The highest BCUT2D eigenvalue weighted by molar-refractivity contribution is 4.92. The summed E-state index contributed by atoms with van der Waals surface area (Å²) in [6.45, 7) is 14.2. The van der Waals surface area contributed by atoms with E-state index in [0.717, 1.165) is 64.2 Å². The molecule has 2 aliphatic heterocycles. The monoisotopic (exact) mass is 562 g/mol. The smallest absolute Gasteiger partial charge is 0.187 e. The van der Waals surface area contributed by atoms with Crippen molar-refractivity contribution in [1.82, 2.24) is 0 Å². The van der Waals surface area contributed by atoms with Gasteiger partial charge in [-0.15, -0.1) is 0 Å². The minimum absolute atomic E-state index is 0.219. The van der Waals surface area contributed by atoms with Gasteiger partial charge < -0.3 is 43.0 Å². The molecular weight excluding hydrogens is 504 g/mol. The maximum Gasteiger partial charge on any atom is 0.187 e. The topological polar surface area (TPSA) is 94.1 Å². The molecule has 8 atom stereocenters. The molecule has 0 aromatic rings. The van der Waals surface area contributed by atoms with Crippen LogP contribution in [0.2, 0.25) is 0 Å². The Morgan fingerprint density at radius 3 is 1.44 bits per heavy atom. The predicted molar refractivity (Wildman–Crippen MR) is 150 cm³/mol. The quantitative estimate of drug-likeness (QED) is 0.183. The third kappa shape index (κ3) is 12.2. The SMILES string of the molecule is CCCCOC1C(OCCCC)[C@H](OCCCC)CO[C@H]1OC1C(OCCCC)[C@H](O)OC[C@H]1OCCCC. The normalized spacial score (nSPS) is 31.5. The summed E-state index contributed by atoms with van der Waals surface area (Å²) in [5.74, 6) is 0.